The summed E-state index contributed by atoms with van der Waals surface area (Å²) in [6, 6.07) is 13.7. The SMILES string of the molecule is O=C(NCc1ccnc(Cl)c1)n1c2c(c3c(Cl)c(F)ccc31)CN(CC=Cc1ccc(Cl)cc1)CC2. The summed E-state index contributed by atoms with van der Waals surface area (Å²) >= 11 is 18.4. The van der Waals surface area contributed by atoms with Gasteiger partial charge in [-0.15, -0.1) is 0 Å². The molecule has 2 aromatic carbocycles. The standard InChI is InChI=1S/C27H22Cl3FN4O/c28-19-5-3-17(4-6-19)2-1-12-34-13-10-22-20(16-34)25-23(8-7-21(31)26(25)30)35(22)27(36)33-15-18-9-11-32-24(29)14-18/h1-9,11,14H,10,12-13,15-16H2,(H,33,36). The maximum Gasteiger partial charge on any atom is 0.326 e. The second kappa shape index (κ2) is 10.6. The van der Waals surface area contributed by atoms with Crippen LogP contribution >= 0.6 is 34.8 Å². The highest BCUT2D eigenvalue weighted by molar-refractivity contribution is 6.36. The van der Waals surface area contributed by atoms with E-state index in [0.717, 1.165) is 28.9 Å². The smallest absolute Gasteiger partial charge is 0.326 e. The summed E-state index contributed by atoms with van der Waals surface area (Å²) in [7, 11) is 0. The lowest BCUT2D eigenvalue weighted by molar-refractivity contribution is 0.240. The fraction of sp³-hybridized carbons (Fsp3) is 0.185. The average molecular weight is 544 g/mol. The van der Waals surface area contributed by atoms with E-state index in [9.17, 15) is 9.18 Å². The fourth-order valence-electron chi connectivity index (χ4n) is 4.55. The predicted molar refractivity (Wildman–Crippen MR) is 143 cm³/mol. The Kier molecular flexibility index (Phi) is 7.30. The van der Waals surface area contributed by atoms with Crippen LogP contribution in [0.2, 0.25) is 15.2 Å². The predicted octanol–water partition coefficient (Wildman–Crippen LogP) is 6.97. The number of hydrogen-bond acceptors (Lipinski definition) is 3. The monoisotopic (exact) mass is 542 g/mol. The van der Waals surface area contributed by atoms with E-state index >= 15 is 0 Å². The third-order valence-electron chi connectivity index (χ3n) is 6.26. The lowest BCUT2D eigenvalue weighted by atomic mass is 10.0. The van der Waals surface area contributed by atoms with Gasteiger partial charge in [0.15, 0.2) is 0 Å². The number of carbonyl (C=O) groups is 1. The fourth-order valence-corrected chi connectivity index (χ4v) is 5.14. The Morgan fingerprint density at radius 1 is 1.11 bits per heavy atom. The summed E-state index contributed by atoms with van der Waals surface area (Å²) in [4.78, 5) is 19.5. The maximum absolute atomic E-state index is 14.5. The lowest BCUT2D eigenvalue weighted by Crippen LogP contribution is -2.34. The number of carbonyl (C=O) groups excluding carboxylic acids is 1. The molecule has 36 heavy (non-hydrogen) atoms. The molecule has 2 aromatic heterocycles. The minimum absolute atomic E-state index is 0.0368. The van der Waals surface area contributed by atoms with Gasteiger partial charge >= 0.3 is 6.03 Å². The van der Waals surface area contributed by atoms with Crippen LogP contribution in [-0.2, 0) is 19.5 Å². The zero-order chi connectivity index (χ0) is 25.2. The number of hydrogen-bond donors (Lipinski definition) is 1. The van der Waals surface area contributed by atoms with Crippen LogP contribution in [0.15, 0.2) is 60.8 Å². The molecule has 0 bridgehead atoms. The van der Waals surface area contributed by atoms with Gasteiger partial charge in [0, 0.05) is 54.9 Å². The van der Waals surface area contributed by atoms with Crippen molar-refractivity contribution in [2.75, 3.05) is 13.1 Å². The Bertz CT molecular complexity index is 1470. The first kappa shape index (κ1) is 24.8. The van der Waals surface area contributed by atoms with E-state index in [4.69, 9.17) is 34.8 Å². The normalized spacial score (nSPS) is 13.9. The molecule has 1 aliphatic rings. The maximum atomic E-state index is 14.5. The van der Waals surface area contributed by atoms with Gasteiger partial charge < -0.3 is 5.32 Å². The molecule has 0 saturated carbocycles. The number of nitrogens with zero attached hydrogens (tertiary/aromatic N) is 3. The molecule has 0 fully saturated rings. The number of aromatic nitrogens is 2. The van der Waals surface area contributed by atoms with Crippen molar-refractivity contribution < 1.29 is 9.18 Å². The highest BCUT2D eigenvalue weighted by Gasteiger charge is 2.28. The lowest BCUT2D eigenvalue weighted by Gasteiger charge is -2.27. The number of halogens is 4. The summed E-state index contributed by atoms with van der Waals surface area (Å²) in [6.45, 7) is 2.30. The van der Waals surface area contributed by atoms with Crippen LogP contribution in [0, 0.1) is 5.82 Å². The second-order valence-corrected chi connectivity index (χ2v) is 9.80. The van der Waals surface area contributed by atoms with Gasteiger partial charge in [-0.05, 0) is 53.1 Å². The minimum atomic E-state index is -0.504. The topological polar surface area (TPSA) is 50.2 Å². The highest BCUT2D eigenvalue weighted by atomic mass is 35.5. The van der Waals surface area contributed by atoms with E-state index < -0.39 is 5.82 Å². The highest BCUT2D eigenvalue weighted by Crippen LogP contribution is 2.36. The zero-order valence-corrected chi connectivity index (χ0v) is 21.4. The summed E-state index contributed by atoms with van der Waals surface area (Å²) < 4.78 is 16.1. The van der Waals surface area contributed by atoms with Crippen LogP contribution in [0.4, 0.5) is 9.18 Å². The molecule has 0 spiro atoms. The number of benzene rings is 2. The molecule has 9 heteroatoms. The van der Waals surface area contributed by atoms with Crippen LogP contribution < -0.4 is 5.32 Å². The van der Waals surface area contributed by atoms with Crippen LogP contribution in [0.25, 0.3) is 17.0 Å². The number of fused-ring (bicyclic) bond motifs is 3. The molecular weight excluding hydrogens is 522 g/mol. The largest absolute Gasteiger partial charge is 0.333 e. The number of pyridine rings is 1. The van der Waals surface area contributed by atoms with E-state index in [1.165, 1.54) is 6.07 Å². The van der Waals surface area contributed by atoms with Crippen molar-refractivity contribution >= 4 is 57.8 Å². The first-order valence-electron chi connectivity index (χ1n) is 11.4. The Morgan fingerprint density at radius 3 is 2.69 bits per heavy atom. The van der Waals surface area contributed by atoms with Crippen molar-refractivity contribution in [1.29, 1.82) is 0 Å². The molecule has 5 nitrogen and oxygen atoms in total. The van der Waals surface area contributed by atoms with Gasteiger partial charge in [-0.1, -0.05) is 59.1 Å². The molecule has 0 unspecified atom stereocenters. The Balaban J connectivity index is 1.40. The molecular formula is C27H22Cl3FN4O. The van der Waals surface area contributed by atoms with Crippen molar-refractivity contribution in [1.82, 2.24) is 19.8 Å². The second-order valence-electron chi connectivity index (χ2n) is 8.60. The molecule has 0 atom stereocenters. The first-order chi connectivity index (χ1) is 17.4. The minimum Gasteiger partial charge on any atom is -0.333 e. The Morgan fingerprint density at radius 2 is 1.92 bits per heavy atom. The van der Waals surface area contributed by atoms with Crippen molar-refractivity contribution in [3.63, 3.8) is 0 Å². The van der Waals surface area contributed by atoms with Gasteiger partial charge in [-0.3, -0.25) is 9.47 Å². The molecule has 1 amide bonds. The Labute approximate surface area is 223 Å². The summed E-state index contributed by atoms with van der Waals surface area (Å²) in [5.41, 5.74) is 4.21. The number of rotatable bonds is 5. The molecule has 1 aliphatic heterocycles. The van der Waals surface area contributed by atoms with Gasteiger partial charge in [0.25, 0.3) is 0 Å². The molecule has 3 heterocycles. The quantitative estimate of drug-likeness (QED) is 0.277. The van der Waals surface area contributed by atoms with E-state index in [0.29, 0.717) is 40.6 Å². The summed E-state index contributed by atoms with van der Waals surface area (Å²) in [5, 5.41) is 4.62. The van der Waals surface area contributed by atoms with E-state index in [2.05, 4.69) is 21.3 Å². The number of nitrogens with one attached hydrogen (secondary N) is 1. The molecule has 4 aromatic rings. The van der Waals surface area contributed by atoms with Gasteiger partial charge in [-0.25, -0.2) is 14.2 Å². The van der Waals surface area contributed by atoms with Crippen molar-refractivity contribution in [3.05, 3.63) is 104 Å². The van der Waals surface area contributed by atoms with Crippen LogP contribution in [0.3, 0.4) is 0 Å². The third kappa shape index (κ3) is 5.13. The van der Waals surface area contributed by atoms with E-state index in [1.54, 1.807) is 29.0 Å². The zero-order valence-electron chi connectivity index (χ0n) is 19.1. The molecule has 0 saturated heterocycles. The molecule has 5 rings (SSSR count). The van der Waals surface area contributed by atoms with Gasteiger partial charge in [0.1, 0.15) is 11.0 Å². The van der Waals surface area contributed by atoms with Crippen molar-refractivity contribution in [2.24, 2.45) is 0 Å². The van der Waals surface area contributed by atoms with Crippen LogP contribution in [-0.4, -0.2) is 33.6 Å². The van der Waals surface area contributed by atoms with Crippen molar-refractivity contribution in [2.45, 2.75) is 19.5 Å². The summed E-state index contributed by atoms with van der Waals surface area (Å²) in [5.74, 6) is -0.504. The van der Waals surface area contributed by atoms with Gasteiger partial charge in [0.05, 0.1) is 10.5 Å². The van der Waals surface area contributed by atoms with Gasteiger partial charge in [0.2, 0.25) is 0 Å². The Hall–Kier alpha value is -2.90. The first-order valence-corrected chi connectivity index (χ1v) is 12.6. The summed E-state index contributed by atoms with van der Waals surface area (Å²) in [6.07, 6.45) is 6.35. The van der Waals surface area contributed by atoms with Crippen LogP contribution in [0.1, 0.15) is 22.4 Å². The van der Waals surface area contributed by atoms with Crippen molar-refractivity contribution in [3.8, 4) is 0 Å². The van der Waals surface area contributed by atoms with Crippen LogP contribution in [0.5, 0.6) is 0 Å². The molecule has 0 radical (unpaired) electrons. The number of amides is 1. The molecule has 1 N–H and O–H groups in total. The van der Waals surface area contributed by atoms with Gasteiger partial charge in [-0.2, -0.15) is 0 Å². The average Bonchev–Trinajstić information content (AvgIpc) is 3.20. The third-order valence-corrected chi connectivity index (χ3v) is 7.09. The molecule has 0 aliphatic carbocycles. The molecule has 184 valence electrons. The van der Waals surface area contributed by atoms with E-state index in [1.807, 2.05) is 30.3 Å². The van der Waals surface area contributed by atoms with E-state index in [-0.39, 0.29) is 17.6 Å².